The van der Waals surface area contributed by atoms with E-state index in [4.69, 9.17) is 5.73 Å². The Morgan fingerprint density at radius 2 is 1.89 bits per heavy atom. The number of halogens is 1. The monoisotopic (exact) mass is 342 g/mol. The highest BCUT2D eigenvalue weighted by atomic mass is 79.9. The van der Waals surface area contributed by atoms with Crippen LogP contribution >= 0.6 is 15.9 Å². The lowest BCUT2D eigenvalue weighted by molar-refractivity contribution is 0.475. The van der Waals surface area contributed by atoms with Gasteiger partial charge >= 0.3 is 0 Å². The van der Waals surface area contributed by atoms with Gasteiger partial charge in [-0.3, -0.25) is 4.72 Å². The van der Waals surface area contributed by atoms with Gasteiger partial charge in [-0.15, -0.1) is 0 Å². The van der Waals surface area contributed by atoms with Crippen LogP contribution in [0, 0.1) is 0 Å². The van der Waals surface area contributed by atoms with Crippen molar-refractivity contribution in [2.45, 2.75) is 4.90 Å². The quantitative estimate of drug-likeness (QED) is 0.747. The number of benzene rings is 2. The second-order valence-electron chi connectivity index (χ2n) is 3.84. The van der Waals surface area contributed by atoms with Gasteiger partial charge in [-0.1, -0.05) is 6.07 Å². The van der Waals surface area contributed by atoms with Crippen LogP contribution in [-0.4, -0.2) is 13.5 Å². The molecule has 0 spiro atoms. The zero-order valence-corrected chi connectivity index (χ0v) is 12.1. The van der Waals surface area contributed by atoms with Gasteiger partial charge in [-0.25, -0.2) is 8.42 Å². The molecule has 2 aromatic rings. The van der Waals surface area contributed by atoms with Crippen LogP contribution in [0.25, 0.3) is 0 Å². The number of nitrogens with two attached hydrogens (primary N) is 1. The van der Waals surface area contributed by atoms with E-state index in [1.165, 1.54) is 24.3 Å². The fourth-order valence-electron chi connectivity index (χ4n) is 1.47. The summed E-state index contributed by atoms with van der Waals surface area (Å²) in [4.78, 5) is 0.0524. The van der Waals surface area contributed by atoms with Gasteiger partial charge in [0.15, 0.2) is 0 Å². The van der Waals surface area contributed by atoms with E-state index in [9.17, 15) is 13.5 Å². The van der Waals surface area contributed by atoms with Gasteiger partial charge in [0.05, 0.1) is 10.6 Å². The van der Waals surface area contributed by atoms with Crippen molar-refractivity contribution in [3.05, 3.63) is 46.9 Å². The summed E-state index contributed by atoms with van der Waals surface area (Å²) in [7, 11) is -3.73. The second kappa shape index (κ2) is 5.10. The summed E-state index contributed by atoms with van der Waals surface area (Å²) in [6.45, 7) is 0. The fraction of sp³-hybridized carbons (Fsp3) is 0. The topological polar surface area (TPSA) is 92.4 Å². The van der Waals surface area contributed by atoms with E-state index >= 15 is 0 Å². The summed E-state index contributed by atoms with van der Waals surface area (Å²) in [5, 5.41) is 9.30. The third kappa shape index (κ3) is 3.18. The van der Waals surface area contributed by atoms with Crippen molar-refractivity contribution < 1.29 is 13.5 Å². The van der Waals surface area contributed by atoms with E-state index in [1.54, 1.807) is 18.2 Å². The second-order valence-corrected chi connectivity index (χ2v) is 6.38. The molecule has 0 bridgehead atoms. The highest BCUT2D eigenvalue weighted by Gasteiger charge is 2.15. The molecule has 0 unspecified atom stereocenters. The van der Waals surface area contributed by atoms with Gasteiger partial charge in [0.25, 0.3) is 10.0 Å². The van der Waals surface area contributed by atoms with Crippen molar-refractivity contribution in [2.75, 3.05) is 10.5 Å². The van der Waals surface area contributed by atoms with Crippen molar-refractivity contribution in [3.63, 3.8) is 0 Å². The summed E-state index contributed by atoms with van der Waals surface area (Å²) < 4.78 is 27.2. The standard InChI is InChI=1S/C12H11BrN2O3S/c13-11-5-4-10(7-12(11)14)19(17,18)15-8-2-1-3-9(16)6-8/h1-7,15-16H,14H2. The molecule has 0 saturated carbocycles. The molecule has 0 amide bonds. The van der Waals surface area contributed by atoms with Crippen molar-refractivity contribution >= 4 is 37.3 Å². The SMILES string of the molecule is Nc1cc(S(=O)(=O)Nc2cccc(O)c2)ccc1Br. The molecule has 2 rings (SSSR count). The minimum absolute atomic E-state index is 0.0180. The van der Waals surface area contributed by atoms with Gasteiger partial charge in [-0.2, -0.15) is 0 Å². The molecule has 0 aliphatic heterocycles. The van der Waals surface area contributed by atoms with Crippen molar-refractivity contribution in [1.82, 2.24) is 0 Å². The van der Waals surface area contributed by atoms with Gasteiger partial charge in [0.2, 0.25) is 0 Å². The van der Waals surface area contributed by atoms with E-state index < -0.39 is 10.0 Å². The molecule has 0 aliphatic rings. The van der Waals surface area contributed by atoms with Gasteiger partial charge in [-0.05, 0) is 46.3 Å². The van der Waals surface area contributed by atoms with E-state index in [-0.39, 0.29) is 16.3 Å². The largest absolute Gasteiger partial charge is 0.508 e. The summed E-state index contributed by atoms with van der Waals surface area (Å²) in [5.74, 6) is -0.0180. The average molecular weight is 343 g/mol. The number of sulfonamides is 1. The van der Waals surface area contributed by atoms with Gasteiger partial charge in [0.1, 0.15) is 5.75 Å². The lowest BCUT2D eigenvalue weighted by Crippen LogP contribution is -2.13. The first kappa shape index (κ1) is 13.7. The molecule has 0 saturated heterocycles. The van der Waals surface area contributed by atoms with Gasteiger partial charge < -0.3 is 10.8 Å². The smallest absolute Gasteiger partial charge is 0.261 e. The number of hydrogen-bond acceptors (Lipinski definition) is 4. The number of anilines is 2. The Labute approximate surface area is 119 Å². The molecule has 0 atom stereocenters. The lowest BCUT2D eigenvalue weighted by Gasteiger charge is -2.09. The maximum absolute atomic E-state index is 12.1. The van der Waals surface area contributed by atoms with Crippen LogP contribution < -0.4 is 10.5 Å². The number of phenolic OH excluding ortho intramolecular Hbond substituents is 1. The summed E-state index contributed by atoms with van der Waals surface area (Å²) in [6, 6.07) is 10.2. The molecule has 5 nitrogen and oxygen atoms in total. The Morgan fingerprint density at radius 1 is 1.16 bits per heavy atom. The maximum Gasteiger partial charge on any atom is 0.261 e. The van der Waals surface area contributed by atoms with E-state index in [1.807, 2.05) is 0 Å². The van der Waals surface area contributed by atoms with Gasteiger partial charge in [0, 0.05) is 16.2 Å². The number of phenols is 1. The van der Waals surface area contributed by atoms with Crippen molar-refractivity contribution in [1.29, 1.82) is 0 Å². The van der Waals surface area contributed by atoms with Crippen LogP contribution in [0.1, 0.15) is 0 Å². The normalized spacial score (nSPS) is 11.2. The zero-order valence-electron chi connectivity index (χ0n) is 9.67. The number of rotatable bonds is 3. The molecule has 7 heteroatoms. The summed E-state index contributed by atoms with van der Waals surface area (Å²) in [5.41, 5.74) is 6.27. The first-order valence-corrected chi connectivity index (χ1v) is 7.53. The molecule has 4 N–H and O–H groups in total. The van der Waals surface area contributed by atoms with Crippen LogP contribution in [0.5, 0.6) is 5.75 Å². The molecule has 0 heterocycles. The number of hydrogen-bond donors (Lipinski definition) is 3. The Kier molecular flexibility index (Phi) is 3.68. The fourth-order valence-corrected chi connectivity index (χ4v) is 2.80. The first-order valence-electron chi connectivity index (χ1n) is 5.25. The molecule has 0 aliphatic carbocycles. The van der Waals surface area contributed by atoms with E-state index in [0.717, 1.165) is 0 Å². The number of nitrogens with one attached hydrogen (secondary N) is 1. The molecule has 0 fully saturated rings. The average Bonchev–Trinajstić information content (AvgIpc) is 2.32. The Balaban J connectivity index is 2.35. The van der Waals surface area contributed by atoms with Crippen molar-refractivity contribution in [2.24, 2.45) is 0 Å². The predicted octanol–water partition coefficient (Wildman–Crippen LogP) is 2.54. The Morgan fingerprint density at radius 3 is 2.53 bits per heavy atom. The minimum Gasteiger partial charge on any atom is -0.508 e. The first-order chi connectivity index (χ1) is 8.88. The molecule has 2 aromatic carbocycles. The van der Waals surface area contributed by atoms with E-state index in [0.29, 0.717) is 10.2 Å². The molecular formula is C12H11BrN2O3S. The highest BCUT2D eigenvalue weighted by Crippen LogP contribution is 2.25. The van der Waals surface area contributed by atoms with Crippen LogP contribution in [-0.2, 0) is 10.0 Å². The predicted molar refractivity (Wildman–Crippen MR) is 77.5 cm³/mol. The summed E-state index contributed by atoms with van der Waals surface area (Å²) >= 11 is 3.20. The van der Waals surface area contributed by atoms with Crippen LogP contribution in [0.15, 0.2) is 51.8 Å². The molecular weight excluding hydrogens is 332 g/mol. The van der Waals surface area contributed by atoms with Crippen LogP contribution in [0.3, 0.4) is 0 Å². The minimum atomic E-state index is -3.73. The maximum atomic E-state index is 12.1. The molecule has 19 heavy (non-hydrogen) atoms. The Bertz CT molecular complexity index is 717. The van der Waals surface area contributed by atoms with Crippen molar-refractivity contribution in [3.8, 4) is 5.75 Å². The summed E-state index contributed by atoms with van der Waals surface area (Å²) in [6.07, 6.45) is 0. The zero-order chi connectivity index (χ0) is 14.0. The van der Waals surface area contributed by atoms with Crippen LogP contribution in [0.4, 0.5) is 11.4 Å². The Hall–Kier alpha value is -1.73. The highest BCUT2D eigenvalue weighted by molar-refractivity contribution is 9.10. The number of nitrogen functional groups attached to an aromatic ring is 1. The lowest BCUT2D eigenvalue weighted by atomic mass is 10.3. The molecule has 100 valence electrons. The van der Waals surface area contributed by atoms with E-state index in [2.05, 4.69) is 20.7 Å². The third-order valence-electron chi connectivity index (χ3n) is 2.38. The number of aromatic hydroxyl groups is 1. The molecule has 0 radical (unpaired) electrons. The third-order valence-corrected chi connectivity index (χ3v) is 4.48. The van der Waals surface area contributed by atoms with Crippen LogP contribution in [0.2, 0.25) is 0 Å². The molecule has 0 aromatic heterocycles.